The lowest BCUT2D eigenvalue weighted by atomic mass is 10.0. The minimum absolute atomic E-state index is 0.0142. The van der Waals surface area contributed by atoms with Crippen molar-refractivity contribution in [2.75, 3.05) is 7.11 Å². The highest BCUT2D eigenvalue weighted by Crippen LogP contribution is 2.36. The molecule has 0 atom stereocenters. The van der Waals surface area contributed by atoms with Crippen LogP contribution in [-0.2, 0) is 22.5 Å². The number of hydrogen-bond donors (Lipinski definition) is 1. The molecule has 1 aromatic rings. The average Bonchev–Trinajstić information content (AvgIpc) is 2.52. The Labute approximate surface area is 102 Å². The summed E-state index contributed by atoms with van der Waals surface area (Å²) in [4.78, 5) is 22.2. The monoisotopic (exact) mass is 261 g/mol. The summed E-state index contributed by atoms with van der Waals surface area (Å²) in [6.45, 7) is 2.77. The molecule has 1 N–H and O–H groups in total. The predicted octanol–water partition coefficient (Wildman–Crippen LogP) is 1.60. The highest BCUT2D eigenvalue weighted by atomic mass is 19.3. The van der Waals surface area contributed by atoms with Crippen molar-refractivity contribution in [2.24, 2.45) is 7.05 Å². The largest absolute Gasteiger partial charge is 0.477 e. The summed E-state index contributed by atoms with van der Waals surface area (Å²) < 4.78 is 33.1. The van der Waals surface area contributed by atoms with Gasteiger partial charge in [0, 0.05) is 18.4 Å². The Bertz CT molecular complexity index is 520. The Balaban J connectivity index is 3.67. The number of carboxylic acids is 1. The van der Waals surface area contributed by atoms with Crippen molar-refractivity contribution in [1.82, 2.24) is 4.57 Å². The number of esters is 1. The zero-order valence-electron chi connectivity index (χ0n) is 10.4. The molecule has 100 valence electrons. The number of ether oxygens (including phenoxy) is 1. The van der Waals surface area contributed by atoms with Gasteiger partial charge in [0.15, 0.2) is 0 Å². The lowest BCUT2D eigenvalue weighted by Crippen LogP contribution is -2.28. The van der Waals surface area contributed by atoms with E-state index in [-0.39, 0.29) is 11.4 Å². The lowest BCUT2D eigenvalue weighted by molar-refractivity contribution is -0.166. The SMILES string of the molecule is COC(=O)c1c(C(F)(F)C(=O)O)c(C)n(C)c1C. The summed E-state index contributed by atoms with van der Waals surface area (Å²) in [7, 11) is 2.52. The minimum Gasteiger partial charge on any atom is -0.477 e. The highest BCUT2D eigenvalue weighted by Gasteiger charge is 2.47. The minimum atomic E-state index is -4.14. The second kappa shape index (κ2) is 4.40. The first-order valence-electron chi connectivity index (χ1n) is 5.02. The molecule has 0 radical (unpaired) electrons. The number of carbonyl (C=O) groups excluding carboxylic acids is 1. The maximum Gasteiger partial charge on any atom is 0.379 e. The van der Waals surface area contributed by atoms with Gasteiger partial charge in [-0.25, -0.2) is 9.59 Å². The molecule has 0 bridgehead atoms. The molecule has 0 saturated heterocycles. The van der Waals surface area contributed by atoms with Crippen LogP contribution in [0, 0.1) is 13.8 Å². The van der Waals surface area contributed by atoms with E-state index in [2.05, 4.69) is 4.74 Å². The van der Waals surface area contributed by atoms with Gasteiger partial charge in [-0.15, -0.1) is 0 Å². The number of aliphatic carboxylic acids is 1. The third kappa shape index (κ3) is 1.85. The van der Waals surface area contributed by atoms with Crippen molar-refractivity contribution < 1.29 is 28.2 Å². The fraction of sp³-hybridized carbons (Fsp3) is 0.455. The molecule has 0 saturated carbocycles. The van der Waals surface area contributed by atoms with Crippen molar-refractivity contribution in [1.29, 1.82) is 0 Å². The van der Waals surface area contributed by atoms with Crippen molar-refractivity contribution in [3.05, 3.63) is 22.5 Å². The standard InChI is InChI=1S/C11H13F2NO4/c1-5-7(9(15)18-4)8(6(2)14(5)3)11(12,13)10(16)17/h1-4H3,(H,16,17). The molecular formula is C11H13F2NO4. The summed E-state index contributed by atoms with van der Waals surface area (Å²) in [6, 6.07) is 0. The van der Waals surface area contributed by atoms with Crippen molar-refractivity contribution in [3.8, 4) is 0 Å². The van der Waals surface area contributed by atoms with Crippen LogP contribution in [0.2, 0.25) is 0 Å². The van der Waals surface area contributed by atoms with Crippen LogP contribution in [0.15, 0.2) is 0 Å². The number of hydrogen-bond acceptors (Lipinski definition) is 3. The van der Waals surface area contributed by atoms with Crippen molar-refractivity contribution in [3.63, 3.8) is 0 Å². The Morgan fingerprint density at radius 2 is 1.78 bits per heavy atom. The van der Waals surface area contributed by atoms with Gasteiger partial charge in [0.1, 0.15) is 0 Å². The molecule has 0 unspecified atom stereocenters. The van der Waals surface area contributed by atoms with E-state index in [9.17, 15) is 18.4 Å². The van der Waals surface area contributed by atoms with E-state index in [4.69, 9.17) is 5.11 Å². The number of aromatic nitrogens is 1. The average molecular weight is 261 g/mol. The van der Waals surface area contributed by atoms with Gasteiger partial charge >= 0.3 is 17.9 Å². The molecule has 0 aliphatic heterocycles. The quantitative estimate of drug-likeness (QED) is 0.839. The summed E-state index contributed by atoms with van der Waals surface area (Å²) in [5, 5.41) is 8.59. The molecule has 0 fully saturated rings. The van der Waals surface area contributed by atoms with Gasteiger partial charge in [0.25, 0.3) is 0 Å². The van der Waals surface area contributed by atoms with Crippen LogP contribution < -0.4 is 0 Å². The molecule has 1 heterocycles. The number of alkyl halides is 2. The third-order valence-corrected chi connectivity index (χ3v) is 2.95. The Morgan fingerprint density at radius 1 is 1.28 bits per heavy atom. The van der Waals surface area contributed by atoms with E-state index in [1.807, 2.05) is 0 Å². The van der Waals surface area contributed by atoms with E-state index in [0.29, 0.717) is 0 Å². The maximum atomic E-state index is 13.7. The van der Waals surface area contributed by atoms with Gasteiger partial charge < -0.3 is 14.4 Å². The molecule has 18 heavy (non-hydrogen) atoms. The highest BCUT2D eigenvalue weighted by molar-refractivity contribution is 5.95. The molecule has 0 aliphatic carbocycles. The fourth-order valence-corrected chi connectivity index (χ4v) is 1.79. The van der Waals surface area contributed by atoms with Crippen LogP contribution in [-0.4, -0.2) is 28.7 Å². The fourth-order valence-electron chi connectivity index (χ4n) is 1.79. The zero-order chi connectivity index (χ0) is 14.2. The molecule has 0 spiro atoms. The second-order valence-electron chi connectivity index (χ2n) is 3.85. The van der Waals surface area contributed by atoms with Crippen molar-refractivity contribution >= 4 is 11.9 Å². The Hall–Kier alpha value is -1.92. The second-order valence-corrected chi connectivity index (χ2v) is 3.85. The molecule has 7 heteroatoms. The summed E-state index contributed by atoms with van der Waals surface area (Å²) >= 11 is 0. The summed E-state index contributed by atoms with van der Waals surface area (Å²) in [5.41, 5.74) is -0.970. The molecule has 0 aromatic carbocycles. The first kappa shape index (κ1) is 14.1. The van der Waals surface area contributed by atoms with Gasteiger partial charge in [-0.1, -0.05) is 0 Å². The predicted molar refractivity (Wildman–Crippen MR) is 57.8 cm³/mol. The van der Waals surface area contributed by atoms with Gasteiger partial charge in [0.05, 0.1) is 18.2 Å². The van der Waals surface area contributed by atoms with Gasteiger partial charge in [-0.3, -0.25) is 0 Å². The number of carbonyl (C=O) groups is 2. The molecule has 0 amide bonds. The number of halogens is 2. The molecule has 0 aliphatic rings. The number of carboxylic acid groups (broad SMARTS) is 1. The van der Waals surface area contributed by atoms with Gasteiger partial charge in [-0.2, -0.15) is 8.78 Å². The van der Waals surface area contributed by atoms with Crippen LogP contribution in [0.5, 0.6) is 0 Å². The number of rotatable bonds is 3. The van der Waals surface area contributed by atoms with Gasteiger partial charge in [-0.05, 0) is 13.8 Å². The summed E-state index contributed by atoms with van der Waals surface area (Å²) in [6.07, 6.45) is 0. The van der Waals surface area contributed by atoms with E-state index in [1.165, 1.54) is 25.5 Å². The van der Waals surface area contributed by atoms with Crippen LogP contribution in [0.4, 0.5) is 8.78 Å². The van der Waals surface area contributed by atoms with Gasteiger partial charge in [0.2, 0.25) is 0 Å². The summed E-state index contributed by atoms with van der Waals surface area (Å²) in [5.74, 6) is -7.42. The van der Waals surface area contributed by atoms with Crippen LogP contribution in [0.1, 0.15) is 27.3 Å². The van der Waals surface area contributed by atoms with Crippen molar-refractivity contribution in [2.45, 2.75) is 19.8 Å². The molecule has 5 nitrogen and oxygen atoms in total. The van der Waals surface area contributed by atoms with Crippen LogP contribution in [0.25, 0.3) is 0 Å². The van der Waals surface area contributed by atoms with E-state index in [0.717, 1.165) is 7.11 Å². The van der Waals surface area contributed by atoms with E-state index in [1.54, 1.807) is 0 Å². The Kier molecular flexibility index (Phi) is 3.45. The third-order valence-electron chi connectivity index (χ3n) is 2.95. The first-order valence-corrected chi connectivity index (χ1v) is 5.02. The normalized spacial score (nSPS) is 11.4. The molecular weight excluding hydrogens is 248 g/mol. The number of nitrogens with zero attached hydrogens (tertiary/aromatic N) is 1. The van der Waals surface area contributed by atoms with Crippen LogP contribution in [0.3, 0.4) is 0 Å². The lowest BCUT2D eigenvalue weighted by Gasteiger charge is -2.13. The van der Waals surface area contributed by atoms with E-state index < -0.39 is 29.0 Å². The zero-order valence-corrected chi connectivity index (χ0v) is 10.4. The molecule has 1 rings (SSSR count). The molecule has 1 aromatic heterocycles. The Morgan fingerprint density at radius 3 is 2.17 bits per heavy atom. The smallest absolute Gasteiger partial charge is 0.379 e. The maximum absolute atomic E-state index is 13.7. The van der Waals surface area contributed by atoms with E-state index >= 15 is 0 Å². The number of methoxy groups -OCH3 is 1. The topological polar surface area (TPSA) is 68.5 Å². The van der Waals surface area contributed by atoms with Crippen LogP contribution >= 0.6 is 0 Å². The first-order chi connectivity index (χ1) is 8.16.